The molecule has 0 saturated heterocycles. The van der Waals surface area contributed by atoms with Crippen molar-refractivity contribution in [2.24, 2.45) is 0 Å². The quantitative estimate of drug-likeness (QED) is 0.621. The topological polar surface area (TPSA) is 43.6 Å². The van der Waals surface area contributed by atoms with Crippen LogP contribution in [0.4, 0.5) is 0 Å². The lowest BCUT2D eigenvalue weighted by atomic mass is 10.3. The van der Waals surface area contributed by atoms with Gasteiger partial charge < -0.3 is 4.74 Å². The highest BCUT2D eigenvalue weighted by Crippen LogP contribution is 2.20. The van der Waals surface area contributed by atoms with E-state index in [0.29, 0.717) is 6.61 Å². The van der Waals surface area contributed by atoms with Crippen molar-refractivity contribution in [3.63, 3.8) is 0 Å². The number of imidazole rings is 1. The van der Waals surface area contributed by atoms with Gasteiger partial charge in [0.25, 0.3) is 0 Å². The van der Waals surface area contributed by atoms with Crippen LogP contribution in [-0.4, -0.2) is 22.0 Å². The third kappa shape index (κ3) is 2.24. The van der Waals surface area contributed by atoms with Crippen molar-refractivity contribution in [1.29, 1.82) is 0 Å². The van der Waals surface area contributed by atoms with Gasteiger partial charge >= 0.3 is 5.97 Å². The largest absolute Gasteiger partial charge is 0.463 e. The molecule has 0 N–H and O–H groups in total. The van der Waals surface area contributed by atoms with Gasteiger partial charge in [-0.05, 0) is 26.8 Å². The maximum atomic E-state index is 11.2. The van der Waals surface area contributed by atoms with Crippen molar-refractivity contribution in [1.82, 2.24) is 9.38 Å². The first-order valence-corrected chi connectivity index (χ1v) is 6.29. The summed E-state index contributed by atoms with van der Waals surface area (Å²) in [5, 5.41) is 2.06. The Morgan fingerprint density at radius 1 is 1.59 bits per heavy atom. The number of aromatic nitrogens is 2. The molecule has 2 rings (SSSR count). The van der Waals surface area contributed by atoms with Gasteiger partial charge in [-0.15, -0.1) is 11.3 Å². The zero-order valence-electron chi connectivity index (χ0n) is 10.1. The second-order valence-electron chi connectivity index (χ2n) is 3.66. The van der Waals surface area contributed by atoms with Crippen LogP contribution in [0.15, 0.2) is 11.5 Å². The minimum Gasteiger partial charge on any atom is -0.463 e. The Hall–Kier alpha value is -1.62. The number of hydrogen-bond acceptors (Lipinski definition) is 4. The zero-order valence-corrected chi connectivity index (χ0v) is 10.9. The molecule has 0 fully saturated rings. The molecular weight excluding hydrogens is 236 g/mol. The predicted octanol–water partition coefficient (Wildman–Crippen LogP) is 2.59. The number of fused-ring (bicyclic) bond motifs is 1. The van der Waals surface area contributed by atoms with Gasteiger partial charge in [0.15, 0.2) is 4.96 Å². The fourth-order valence-corrected chi connectivity index (χ4v) is 2.59. The Morgan fingerprint density at radius 2 is 2.35 bits per heavy atom. The molecule has 0 unspecified atom stereocenters. The molecule has 0 amide bonds. The van der Waals surface area contributed by atoms with Crippen LogP contribution in [0.2, 0.25) is 0 Å². The third-order valence-electron chi connectivity index (χ3n) is 2.46. The van der Waals surface area contributed by atoms with Gasteiger partial charge in [-0.3, -0.25) is 4.40 Å². The highest BCUT2D eigenvalue weighted by molar-refractivity contribution is 7.15. The minimum atomic E-state index is -0.333. The van der Waals surface area contributed by atoms with Crippen LogP contribution in [0.5, 0.6) is 0 Å². The van der Waals surface area contributed by atoms with E-state index in [1.165, 1.54) is 6.08 Å². The van der Waals surface area contributed by atoms with Gasteiger partial charge in [-0.2, -0.15) is 0 Å². The van der Waals surface area contributed by atoms with E-state index in [2.05, 4.69) is 14.8 Å². The summed E-state index contributed by atoms with van der Waals surface area (Å²) in [6.07, 6.45) is 3.12. The standard InChI is InChI=1S/C12H14N2O2S/c1-4-16-11(15)6-5-10-9(3)14-8(2)7-17-12(14)13-10/h5-7H,4H2,1-3H3/b6-5+. The fraction of sp³-hybridized carbons (Fsp3) is 0.333. The lowest BCUT2D eigenvalue weighted by Crippen LogP contribution is -1.98. The Bertz CT molecular complexity index is 581. The van der Waals surface area contributed by atoms with Crippen molar-refractivity contribution >= 4 is 28.3 Å². The van der Waals surface area contributed by atoms with Gasteiger partial charge in [0, 0.05) is 22.8 Å². The smallest absolute Gasteiger partial charge is 0.330 e. The van der Waals surface area contributed by atoms with E-state index in [0.717, 1.165) is 22.0 Å². The molecule has 0 aliphatic carbocycles. The molecule has 4 nitrogen and oxygen atoms in total. The molecule has 0 aliphatic heterocycles. The molecule has 90 valence electrons. The summed E-state index contributed by atoms with van der Waals surface area (Å²) in [5.74, 6) is -0.333. The Kier molecular flexibility index (Phi) is 3.28. The van der Waals surface area contributed by atoms with Crippen molar-refractivity contribution in [3.8, 4) is 0 Å². The van der Waals surface area contributed by atoms with E-state index in [9.17, 15) is 4.79 Å². The summed E-state index contributed by atoms with van der Waals surface area (Å²) in [4.78, 5) is 16.6. The van der Waals surface area contributed by atoms with E-state index in [1.54, 1.807) is 24.3 Å². The average molecular weight is 250 g/mol. The Morgan fingerprint density at radius 3 is 3.00 bits per heavy atom. The molecule has 2 aromatic heterocycles. The molecule has 0 spiro atoms. The second kappa shape index (κ2) is 4.71. The molecule has 5 heteroatoms. The maximum absolute atomic E-state index is 11.2. The van der Waals surface area contributed by atoms with Crippen molar-refractivity contribution in [2.75, 3.05) is 6.61 Å². The van der Waals surface area contributed by atoms with Crippen LogP contribution in [-0.2, 0) is 9.53 Å². The number of aryl methyl sites for hydroxylation is 2. The van der Waals surface area contributed by atoms with Crippen LogP contribution in [0.1, 0.15) is 24.0 Å². The lowest BCUT2D eigenvalue weighted by molar-refractivity contribution is -0.137. The van der Waals surface area contributed by atoms with Crippen molar-refractivity contribution in [3.05, 3.63) is 28.5 Å². The maximum Gasteiger partial charge on any atom is 0.330 e. The summed E-state index contributed by atoms with van der Waals surface area (Å²) >= 11 is 1.60. The normalized spacial score (nSPS) is 11.5. The van der Waals surface area contributed by atoms with Crippen LogP contribution >= 0.6 is 11.3 Å². The molecule has 0 radical (unpaired) electrons. The first kappa shape index (κ1) is 11.9. The minimum absolute atomic E-state index is 0.333. The fourth-order valence-electron chi connectivity index (χ4n) is 1.67. The number of thiazole rings is 1. The summed E-state index contributed by atoms with van der Waals surface area (Å²) in [6.45, 7) is 6.20. The summed E-state index contributed by atoms with van der Waals surface area (Å²) in [7, 11) is 0. The van der Waals surface area contributed by atoms with Gasteiger partial charge in [0.05, 0.1) is 12.3 Å². The molecular formula is C12H14N2O2S. The van der Waals surface area contributed by atoms with Gasteiger partial charge in [-0.25, -0.2) is 9.78 Å². The van der Waals surface area contributed by atoms with E-state index in [-0.39, 0.29) is 5.97 Å². The molecule has 0 aromatic carbocycles. The van der Waals surface area contributed by atoms with Crippen LogP contribution in [0.3, 0.4) is 0 Å². The molecule has 0 atom stereocenters. The Labute approximate surface area is 104 Å². The van der Waals surface area contributed by atoms with Crippen molar-refractivity contribution < 1.29 is 9.53 Å². The molecule has 17 heavy (non-hydrogen) atoms. The number of hydrogen-bond donors (Lipinski definition) is 0. The SMILES string of the molecule is CCOC(=O)/C=C/c1nc2scc(C)n2c1C. The van der Waals surface area contributed by atoms with E-state index < -0.39 is 0 Å². The van der Waals surface area contributed by atoms with Crippen molar-refractivity contribution in [2.45, 2.75) is 20.8 Å². The monoisotopic (exact) mass is 250 g/mol. The van der Waals surface area contributed by atoms with Gasteiger partial charge in [-0.1, -0.05) is 0 Å². The number of nitrogens with zero attached hydrogens (tertiary/aromatic N) is 2. The Balaban J connectivity index is 2.30. The summed E-state index contributed by atoms with van der Waals surface area (Å²) in [6, 6.07) is 0. The highest BCUT2D eigenvalue weighted by atomic mass is 32.1. The summed E-state index contributed by atoms with van der Waals surface area (Å²) in [5.41, 5.74) is 3.01. The first-order chi connectivity index (χ1) is 8.13. The molecule has 0 aliphatic rings. The first-order valence-electron chi connectivity index (χ1n) is 5.41. The zero-order chi connectivity index (χ0) is 12.4. The molecule has 2 aromatic rings. The number of esters is 1. The summed E-state index contributed by atoms with van der Waals surface area (Å²) < 4.78 is 6.90. The van der Waals surface area contributed by atoms with Crippen LogP contribution in [0, 0.1) is 13.8 Å². The van der Waals surface area contributed by atoms with Crippen LogP contribution < -0.4 is 0 Å². The highest BCUT2D eigenvalue weighted by Gasteiger charge is 2.09. The number of ether oxygens (including phenoxy) is 1. The third-order valence-corrected chi connectivity index (χ3v) is 3.41. The van der Waals surface area contributed by atoms with E-state index in [1.807, 2.05) is 13.8 Å². The number of carbonyl (C=O) groups excluding carboxylic acids is 1. The van der Waals surface area contributed by atoms with E-state index >= 15 is 0 Å². The van der Waals surface area contributed by atoms with Gasteiger partial charge in [0.1, 0.15) is 0 Å². The lowest BCUT2D eigenvalue weighted by Gasteiger charge is -1.95. The average Bonchev–Trinajstić information content (AvgIpc) is 2.79. The molecule has 0 bridgehead atoms. The van der Waals surface area contributed by atoms with E-state index in [4.69, 9.17) is 4.74 Å². The van der Waals surface area contributed by atoms with Crippen LogP contribution in [0.25, 0.3) is 11.0 Å². The number of rotatable bonds is 3. The number of carbonyl (C=O) groups is 1. The predicted molar refractivity (Wildman–Crippen MR) is 68.2 cm³/mol. The molecule has 0 saturated carbocycles. The van der Waals surface area contributed by atoms with Gasteiger partial charge in [0.2, 0.25) is 0 Å². The molecule has 2 heterocycles. The second-order valence-corrected chi connectivity index (χ2v) is 4.50.